The largest absolute Gasteiger partial charge is 0.377 e. The van der Waals surface area contributed by atoms with Crippen molar-refractivity contribution < 1.29 is 18.8 Å². The first-order valence-corrected chi connectivity index (χ1v) is 8.82. The van der Waals surface area contributed by atoms with Crippen molar-refractivity contribution in [3.05, 3.63) is 34.7 Å². The number of hydrogen-bond acceptors (Lipinski definition) is 6. The molecule has 2 aromatic heterocycles. The Labute approximate surface area is 153 Å². The Kier molecular flexibility index (Phi) is 5.43. The Bertz CT molecular complexity index is 780. The van der Waals surface area contributed by atoms with Gasteiger partial charge in [-0.05, 0) is 33.8 Å². The minimum Gasteiger partial charge on any atom is -0.377 e. The molecule has 1 unspecified atom stereocenters. The molecule has 0 aromatic carbocycles. The van der Waals surface area contributed by atoms with Crippen molar-refractivity contribution >= 4 is 5.91 Å². The van der Waals surface area contributed by atoms with Gasteiger partial charge in [0.1, 0.15) is 12.6 Å². The number of hydrogen-bond donors (Lipinski definition) is 0. The lowest BCUT2D eigenvalue weighted by Gasteiger charge is -2.33. The molecule has 1 saturated heterocycles. The second-order valence-electron chi connectivity index (χ2n) is 6.82. The van der Waals surface area contributed by atoms with E-state index in [-0.39, 0.29) is 18.6 Å². The van der Waals surface area contributed by atoms with E-state index >= 15 is 0 Å². The molecular weight excluding hydrogens is 336 g/mol. The fourth-order valence-electron chi connectivity index (χ4n) is 3.59. The van der Waals surface area contributed by atoms with Gasteiger partial charge in [0, 0.05) is 31.1 Å². The van der Waals surface area contributed by atoms with E-state index < -0.39 is 0 Å². The van der Waals surface area contributed by atoms with Crippen LogP contribution in [0.5, 0.6) is 0 Å². The molecule has 0 aliphatic carbocycles. The number of carbonyl (C=O) groups is 1. The third kappa shape index (κ3) is 3.39. The zero-order valence-electron chi connectivity index (χ0n) is 16.0. The van der Waals surface area contributed by atoms with Gasteiger partial charge in [-0.25, -0.2) is 0 Å². The van der Waals surface area contributed by atoms with Crippen molar-refractivity contribution in [1.82, 2.24) is 19.6 Å². The Hall–Kier alpha value is -2.19. The number of nitrogens with zero attached hydrogens (tertiary/aromatic N) is 4. The van der Waals surface area contributed by atoms with E-state index in [4.69, 9.17) is 14.0 Å². The number of morpholine rings is 1. The summed E-state index contributed by atoms with van der Waals surface area (Å²) in [4.78, 5) is 19.4. The highest BCUT2D eigenvalue weighted by atomic mass is 16.5. The third-order valence-corrected chi connectivity index (χ3v) is 4.67. The molecule has 1 fully saturated rings. The van der Waals surface area contributed by atoms with Crippen LogP contribution < -0.4 is 0 Å². The van der Waals surface area contributed by atoms with Crippen LogP contribution in [-0.2, 0) is 16.1 Å². The summed E-state index contributed by atoms with van der Waals surface area (Å²) in [6, 6.07) is 1.88. The molecule has 0 bridgehead atoms. The molecule has 8 heteroatoms. The lowest BCUT2D eigenvalue weighted by molar-refractivity contribution is -0.00581. The fraction of sp³-hybridized carbons (Fsp3) is 0.611. The van der Waals surface area contributed by atoms with Crippen LogP contribution in [0.2, 0.25) is 0 Å². The summed E-state index contributed by atoms with van der Waals surface area (Å²) in [5, 5.41) is 4.01. The van der Waals surface area contributed by atoms with Gasteiger partial charge in [0.15, 0.2) is 5.82 Å². The maximum Gasteiger partial charge on any atom is 0.256 e. The normalized spacial score (nSPS) is 17.9. The number of aryl methyl sites for hydroxylation is 1. The van der Waals surface area contributed by atoms with E-state index in [1.807, 2.05) is 19.9 Å². The maximum atomic E-state index is 13.3. The van der Waals surface area contributed by atoms with Gasteiger partial charge >= 0.3 is 0 Å². The number of amides is 1. The molecular formula is C18H26N4O4. The van der Waals surface area contributed by atoms with Crippen LogP contribution in [0.1, 0.15) is 59.4 Å². The summed E-state index contributed by atoms with van der Waals surface area (Å²) in [6.45, 7) is 9.81. The van der Waals surface area contributed by atoms with Gasteiger partial charge in [0.2, 0.25) is 0 Å². The summed E-state index contributed by atoms with van der Waals surface area (Å²) < 4.78 is 17.9. The molecule has 3 rings (SSSR count). The Morgan fingerprint density at radius 2 is 2.19 bits per heavy atom. The van der Waals surface area contributed by atoms with Crippen molar-refractivity contribution in [2.24, 2.45) is 0 Å². The fourth-order valence-corrected chi connectivity index (χ4v) is 3.59. The van der Waals surface area contributed by atoms with E-state index in [0.29, 0.717) is 43.1 Å². The second-order valence-corrected chi connectivity index (χ2v) is 6.82. The van der Waals surface area contributed by atoms with E-state index in [1.165, 1.54) is 0 Å². The summed E-state index contributed by atoms with van der Waals surface area (Å²) >= 11 is 0. The SMILES string of the molecule is COCc1nc(C2COCCN2C(=O)c2cc(C)n(C(C)C)c2C)no1. The zero-order chi connectivity index (χ0) is 18.8. The van der Waals surface area contributed by atoms with Gasteiger partial charge in [-0.2, -0.15) is 4.98 Å². The molecule has 0 radical (unpaired) electrons. The molecule has 1 atom stereocenters. The van der Waals surface area contributed by atoms with Crippen LogP contribution in [0.25, 0.3) is 0 Å². The topological polar surface area (TPSA) is 82.6 Å². The van der Waals surface area contributed by atoms with Gasteiger partial charge in [-0.3, -0.25) is 4.79 Å². The lowest BCUT2D eigenvalue weighted by atomic mass is 10.1. The van der Waals surface area contributed by atoms with Crippen LogP contribution in [0.4, 0.5) is 0 Å². The number of rotatable bonds is 5. The molecule has 0 N–H and O–H groups in total. The number of carbonyl (C=O) groups excluding carboxylic acids is 1. The summed E-state index contributed by atoms with van der Waals surface area (Å²) in [7, 11) is 1.56. The highest BCUT2D eigenvalue weighted by Crippen LogP contribution is 2.27. The van der Waals surface area contributed by atoms with Gasteiger partial charge in [0.05, 0.1) is 18.8 Å². The molecule has 142 valence electrons. The monoisotopic (exact) mass is 362 g/mol. The first kappa shape index (κ1) is 18.6. The van der Waals surface area contributed by atoms with Gasteiger partial charge < -0.3 is 23.5 Å². The minimum atomic E-state index is -0.368. The van der Waals surface area contributed by atoms with Gasteiger partial charge in [-0.1, -0.05) is 5.16 Å². The highest BCUT2D eigenvalue weighted by Gasteiger charge is 2.34. The lowest BCUT2D eigenvalue weighted by Crippen LogP contribution is -2.44. The Balaban J connectivity index is 1.90. The van der Waals surface area contributed by atoms with E-state index in [2.05, 4.69) is 28.6 Å². The predicted molar refractivity (Wildman–Crippen MR) is 93.9 cm³/mol. The van der Waals surface area contributed by atoms with Crippen molar-refractivity contribution in [2.75, 3.05) is 26.9 Å². The Morgan fingerprint density at radius 3 is 2.85 bits per heavy atom. The molecule has 3 heterocycles. The zero-order valence-corrected chi connectivity index (χ0v) is 16.0. The van der Waals surface area contributed by atoms with Crippen LogP contribution in [0, 0.1) is 13.8 Å². The smallest absolute Gasteiger partial charge is 0.256 e. The first-order valence-electron chi connectivity index (χ1n) is 8.82. The predicted octanol–water partition coefficient (Wildman–Crippen LogP) is 2.43. The average Bonchev–Trinajstić information content (AvgIpc) is 3.19. The minimum absolute atomic E-state index is 0.0311. The van der Waals surface area contributed by atoms with Gasteiger partial charge in [0.25, 0.3) is 11.8 Å². The van der Waals surface area contributed by atoms with Crippen LogP contribution in [-0.4, -0.2) is 52.4 Å². The molecule has 0 spiro atoms. The first-order chi connectivity index (χ1) is 12.4. The number of aromatic nitrogens is 3. The van der Waals surface area contributed by atoms with Gasteiger partial charge in [-0.15, -0.1) is 0 Å². The molecule has 1 aliphatic heterocycles. The summed E-state index contributed by atoms with van der Waals surface area (Å²) in [6.07, 6.45) is 0. The second kappa shape index (κ2) is 7.59. The molecule has 8 nitrogen and oxygen atoms in total. The average molecular weight is 362 g/mol. The number of ether oxygens (including phenoxy) is 2. The van der Waals surface area contributed by atoms with Crippen LogP contribution in [0.15, 0.2) is 10.6 Å². The molecule has 0 saturated carbocycles. The molecule has 26 heavy (non-hydrogen) atoms. The van der Waals surface area contributed by atoms with E-state index in [9.17, 15) is 4.79 Å². The van der Waals surface area contributed by atoms with Crippen LogP contribution in [0.3, 0.4) is 0 Å². The maximum absolute atomic E-state index is 13.3. The number of methoxy groups -OCH3 is 1. The van der Waals surface area contributed by atoms with E-state index in [1.54, 1.807) is 12.0 Å². The molecule has 1 aliphatic rings. The summed E-state index contributed by atoms with van der Waals surface area (Å²) in [5.74, 6) is 0.803. The van der Waals surface area contributed by atoms with Crippen molar-refractivity contribution in [2.45, 2.75) is 46.4 Å². The molecule has 2 aromatic rings. The molecule has 1 amide bonds. The van der Waals surface area contributed by atoms with Crippen molar-refractivity contribution in [3.8, 4) is 0 Å². The Morgan fingerprint density at radius 1 is 1.42 bits per heavy atom. The van der Waals surface area contributed by atoms with Crippen molar-refractivity contribution in [3.63, 3.8) is 0 Å². The standard InChI is InChI=1S/C18H26N4O4/c1-11(2)22-12(3)8-14(13(22)4)18(23)21-6-7-25-9-15(21)17-19-16(10-24-5)26-20-17/h8,11,15H,6-7,9-10H2,1-5H3. The highest BCUT2D eigenvalue weighted by molar-refractivity contribution is 5.96. The van der Waals surface area contributed by atoms with E-state index in [0.717, 1.165) is 11.4 Å². The third-order valence-electron chi connectivity index (χ3n) is 4.67. The summed E-state index contributed by atoms with van der Waals surface area (Å²) in [5.41, 5.74) is 2.76. The quantitative estimate of drug-likeness (QED) is 0.812. The van der Waals surface area contributed by atoms with Crippen LogP contribution >= 0.6 is 0 Å². The van der Waals surface area contributed by atoms with Crippen molar-refractivity contribution in [1.29, 1.82) is 0 Å².